The lowest BCUT2D eigenvalue weighted by atomic mass is 10.1. The van der Waals surface area contributed by atoms with E-state index in [1.54, 1.807) is 18.3 Å². The van der Waals surface area contributed by atoms with Crippen LogP contribution in [0, 0.1) is 0 Å². The molecule has 0 aliphatic rings. The van der Waals surface area contributed by atoms with Crippen LogP contribution in [-0.4, -0.2) is 11.7 Å². The monoisotopic (exact) mass is 326 g/mol. The van der Waals surface area contributed by atoms with Crippen LogP contribution in [0.4, 0.5) is 0 Å². The first-order valence-electron chi connectivity index (χ1n) is 5.78. The Labute approximate surface area is 119 Å². The number of rotatable bonds is 5. The van der Waals surface area contributed by atoms with E-state index in [2.05, 4.69) is 32.8 Å². The molecule has 1 aromatic heterocycles. The van der Waals surface area contributed by atoms with Crippen molar-refractivity contribution in [2.24, 2.45) is 0 Å². The number of aliphatic hydroxyl groups is 1. The maximum Gasteiger partial charge on any atom is 0.126 e. The maximum atomic E-state index is 9.69. The summed E-state index contributed by atoms with van der Waals surface area (Å²) in [7, 11) is 0. The van der Waals surface area contributed by atoms with Gasteiger partial charge in [0.2, 0.25) is 0 Å². The zero-order chi connectivity index (χ0) is 13.0. The normalized spacial score (nSPS) is 12.4. The van der Waals surface area contributed by atoms with Crippen LogP contribution in [0.25, 0.3) is 0 Å². The Kier molecular flexibility index (Phi) is 4.80. The molecule has 0 aliphatic heterocycles. The van der Waals surface area contributed by atoms with Crippen molar-refractivity contribution in [3.63, 3.8) is 0 Å². The molecule has 0 bridgehead atoms. The van der Waals surface area contributed by atoms with E-state index in [9.17, 15) is 5.11 Å². The van der Waals surface area contributed by atoms with Crippen molar-refractivity contribution in [1.29, 1.82) is 0 Å². The van der Waals surface area contributed by atoms with Crippen molar-refractivity contribution < 1.29 is 9.84 Å². The summed E-state index contributed by atoms with van der Waals surface area (Å²) in [6.45, 7) is 2.36. The third-order valence-corrected chi connectivity index (χ3v) is 3.88. The average molecular weight is 327 g/mol. The van der Waals surface area contributed by atoms with E-state index in [0.717, 1.165) is 22.2 Å². The van der Waals surface area contributed by atoms with Crippen molar-refractivity contribution in [2.45, 2.75) is 19.4 Å². The third kappa shape index (κ3) is 3.57. The Morgan fingerprint density at radius 1 is 1.39 bits per heavy atom. The van der Waals surface area contributed by atoms with Gasteiger partial charge in [-0.2, -0.15) is 11.3 Å². The molecule has 0 saturated heterocycles. The lowest BCUT2D eigenvalue weighted by molar-refractivity contribution is 0.191. The smallest absolute Gasteiger partial charge is 0.126 e. The first-order valence-corrected chi connectivity index (χ1v) is 7.52. The molecule has 0 amide bonds. The molecule has 0 fully saturated rings. The van der Waals surface area contributed by atoms with E-state index in [0.29, 0.717) is 6.61 Å². The molecule has 96 valence electrons. The third-order valence-electron chi connectivity index (χ3n) is 2.65. The van der Waals surface area contributed by atoms with E-state index in [-0.39, 0.29) is 0 Å². The Balaban J connectivity index is 2.01. The second kappa shape index (κ2) is 6.36. The molecule has 1 atom stereocenters. The highest BCUT2D eigenvalue weighted by molar-refractivity contribution is 9.10. The van der Waals surface area contributed by atoms with Gasteiger partial charge in [0.25, 0.3) is 0 Å². The Bertz CT molecular complexity index is 495. The number of halogens is 1. The first kappa shape index (κ1) is 13.6. The zero-order valence-electron chi connectivity index (χ0n) is 10.1. The number of aliphatic hydroxyl groups excluding tert-OH is 1. The largest absolute Gasteiger partial charge is 0.493 e. The number of benzene rings is 1. The molecular formula is C14H15BrO2S. The molecule has 0 radical (unpaired) electrons. The van der Waals surface area contributed by atoms with Gasteiger partial charge in [0.15, 0.2) is 0 Å². The standard InChI is InChI=1S/C14H15BrO2S/c1-10(16)13-3-2-12(15)8-14(13)17-6-4-11-5-7-18-9-11/h2-3,5,7-10,16H,4,6H2,1H3/t10-/m1/s1. The molecule has 0 saturated carbocycles. The molecule has 0 unspecified atom stereocenters. The van der Waals surface area contributed by atoms with Crippen LogP contribution in [0.2, 0.25) is 0 Å². The van der Waals surface area contributed by atoms with Crippen LogP contribution in [0.1, 0.15) is 24.2 Å². The molecule has 0 aliphatic carbocycles. The lowest BCUT2D eigenvalue weighted by Crippen LogP contribution is -2.04. The molecule has 1 aromatic carbocycles. The predicted molar refractivity (Wildman–Crippen MR) is 78.3 cm³/mol. The minimum atomic E-state index is -0.519. The summed E-state index contributed by atoms with van der Waals surface area (Å²) in [6, 6.07) is 7.79. The molecule has 2 nitrogen and oxygen atoms in total. The SMILES string of the molecule is C[C@@H](O)c1ccc(Br)cc1OCCc1ccsc1. The Morgan fingerprint density at radius 2 is 2.22 bits per heavy atom. The topological polar surface area (TPSA) is 29.5 Å². The van der Waals surface area contributed by atoms with Gasteiger partial charge in [0, 0.05) is 16.5 Å². The van der Waals surface area contributed by atoms with Gasteiger partial charge in [-0.3, -0.25) is 0 Å². The van der Waals surface area contributed by atoms with Crippen LogP contribution in [0.5, 0.6) is 5.75 Å². The number of hydrogen-bond donors (Lipinski definition) is 1. The van der Waals surface area contributed by atoms with Gasteiger partial charge in [0.1, 0.15) is 5.75 Å². The quantitative estimate of drug-likeness (QED) is 0.892. The summed E-state index contributed by atoms with van der Waals surface area (Å²) in [4.78, 5) is 0. The van der Waals surface area contributed by atoms with Crippen molar-refractivity contribution in [3.05, 3.63) is 50.6 Å². The molecule has 2 aromatic rings. The molecule has 0 spiro atoms. The van der Waals surface area contributed by atoms with E-state index >= 15 is 0 Å². The summed E-state index contributed by atoms with van der Waals surface area (Å²) in [5, 5.41) is 13.9. The van der Waals surface area contributed by atoms with Gasteiger partial charge in [-0.15, -0.1) is 0 Å². The second-order valence-corrected chi connectivity index (χ2v) is 5.78. The molecule has 2 rings (SSSR count). The van der Waals surface area contributed by atoms with Gasteiger partial charge in [-0.1, -0.05) is 22.0 Å². The molecule has 1 heterocycles. The van der Waals surface area contributed by atoms with Gasteiger partial charge >= 0.3 is 0 Å². The van der Waals surface area contributed by atoms with Crippen LogP contribution >= 0.6 is 27.3 Å². The van der Waals surface area contributed by atoms with Crippen molar-refractivity contribution >= 4 is 27.3 Å². The van der Waals surface area contributed by atoms with E-state index in [1.807, 2.05) is 18.2 Å². The van der Waals surface area contributed by atoms with Gasteiger partial charge in [-0.25, -0.2) is 0 Å². The first-order chi connectivity index (χ1) is 8.66. The Morgan fingerprint density at radius 3 is 2.89 bits per heavy atom. The summed E-state index contributed by atoms with van der Waals surface area (Å²) in [5.41, 5.74) is 2.11. The number of ether oxygens (including phenoxy) is 1. The van der Waals surface area contributed by atoms with Crippen molar-refractivity contribution in [2.75, 3.05) is 6.61 Å². The fourth-order valence-electron chi connectivity index (χ4n) is 1.69. The minimum Gasteiger partial charge on any atom is -0.493 e. The van der Waals surface area contributed by atoms with Crippen molar-refractivity contribution in [1.82, 2.24) is 0 Å². The van der Waals surface area contributed by atoms with Crippen LogP contribution in [-0.2, 0) is 6.42 Å². The molecular weight excluding hydrogens is 312 g/mol. The highest BCUT2D eigenvalue weighted by Crippen LogP contribution is 2.28. The van der Waals surface area contributed by atoms with Crippen LogP contribution in [0.15, 0.2) is 39.5 Å². The number of hydrogen-bond acceptors (Lipinski definition) is 3. The van der Waals surface area contributed by atoms with Gasteiger partial charge in [0.05, 0.1) is 12.7 Å². The summed E-state index contributed by atoms with van der Waals surface area (Å²) in [6.07, 6.45) is 0.365. The predicted octanol–water partition coefficient (Wildman–Crippen LogP) is 4.19. The zero-order valence-corrected chi connectivity index (χ0v) is 12.5. The Hall–Kier alpha value is -0.840. The number of thiophene rings is 1. The second-order valence-electron chi connectivity index (χ2n) is 4.09. The fraction of sp³-hybridized carbons (Fsp3) is 0.286. The highest BCUT2D eigenvalue weighted by Gasteiger charge is 2.09. The van der Waals surface area contributed by atoms with Crippen LogP contribution < -0.4 is 4.74 Å². The molecule has 1 N–H and O–H groups in total. The van der Waals surface area contributed by atoms with Crippen LogP contribution in [0.3, 0.4) is 0 Å². The average Bonchev–Trinajstić information content (AvgIpc) is 2.82. The lowest BCUT2D eigenvalue weighted by Gasteiger charge is -2.13. The summed E-state index contributed by atoms with van der Waals surface area (Å²) < 4.78 is 6.72. The van der Waals surface area contributed by atoms with E-state index in [4.69, 9.17) is 4.74 Å². The fourth-order valence-corrected chi connectivity index (χ4v) is 2.74. The van der Waals surface area contributed by atoms with Gasteiger partial charge in [-0.05, 0) is 41.4 Å². The van der Waals surface area contributed by atoms with Crippen molar-refractivity contribution in [3.8, 4) is 5.75 Å². The molecule has 18 heavy (non-hydrogen) atoms. The highest BCUT2D eigenvalue weighted by atomic mass is 79.9. The maximum absolute atomic E-state index is 9.69. The van der Waals surface area contributed by atoms with Gasteiger partial charge < -0.3 is 9.84 Å². The minimum absolute atomic E-state index is 0.519. The van der Waals surface area contributed by atoms with E-state index < -0.39 is 6.10 Å². The summed E-state index contributed by atoms with van der Waals surface area (Å²) >= 11 is 5.11. The van der Waals surface area contributed by atoms with E-state index in [1.165, 1.54) is 5.56 Å². The molecule has 4 heteroatoms. The summed E-state index contributed by atoms with van der Waals surface area (Å²) in [5.74, 6) is 0.745.